The van der Waals surface area contributed by atoms with Crippen LogP contribution in [0.15, 0.2) is 0 Å². The Morgan fingerprint density at radius 3 is 2.27 bits per heavy atom. The minimum Gasteiger partial charge on any atom is -0.345 e. The van der Waals surface area contributed by atoms with Gasteiger partial charge in [0.2, 0.25) is 11.8 Å². The lowest BCUT2D eigenvalue weighted by atomic mass is 9.48. The molecule has 4 amide bonds. The largest absolute Gasteiger partial charge is 0.345 e. The highest BCUT2D eigenvalue weighted by Gasteiger charge is 2.63. The number of piperazine rings is 1. The van der Waals surface area contributed by atoms with Gasteiger partial charge in [0, 0.05) is 0 Å². The van der Waals surface area contributed by atoms with Gasteiger partial charge in [0.15, 0.2) is 0 Å². The lowest BCUT2D eigenvalue weighted by molar-refractivity contribution is -0.171. The van der Waals surface area contributed by atoms with Crippen LogP contribution in [-0.2, 0) is 19.2 Å². The van der Waals surface area contributed by atoms with E-state index in [4.69, 9.17) is 5.21 Å². The molecular weight excluding hydrogens is 340 g/mol. The van der Waals surface area contributed by atoms with Crippen molar-refractivity contribution in [1.29, 1.82) is 0 Å². The zero-order valence-electron chi connectivity index (χ0n) is 14.5. The molecule has 0 aromatic rings. The summed E-state index contributed by atoms with van der Waals surface area (Å²) in [4.78, 5) is 49.7. The molecule has 5 aliphatic rings. The lowest BCUT2D eigenvalue weighted by Crippen LogP contribution is -2.76. The molecule has 0 radical (unpaired) electrons. The molecule has 4 aliphatic carbocycles. The second kappa shape index (κ2) is 6.31. The van der Waals surface area contributed by atoms with Gasteiger partial charge in [-0.05, 0) is 55.8 Å². The Labute approximate surface area is 150 Å². The first kappa shape index (κ1) is 17.4. The third kappa shape index (κ3) is 2.61. The van der Waals surface area contributed by atoms with E-state index in [1.165, 1.54) is 11.9 Å². The van der Waals surface area contributed by atoms with Crippen LogP contribution in [0.2, 0.25) is 0 Å². The highest BCUT2D eigenvalue weighted by atomic mass is 16.5. The summed E-state index contributed by atoms with van der Waals surface area (Å²) in [5, 5.41) is 14.0. The molecule has 0 aromatic carbocycles. The van der Waals surface area contributed by atoms with Gasteiger partial charge in [-0.1, -0.05) is 0 Å². The van der Waals surface area contributed by atoms with Gasteiger partial charge in [-0.15, -0.1) is 0 Å². The van der Waals surface area contributed by atoms with E-state index < -0.39 is 36.3 Å². The molecule has 0 aromatic heterocycles. The van der Waals surface area contributed by atoms with Crippen LogP contribution in [-0.4, -0.2) is 58.9 Å². The minimum atomic E-state index is -0.770. The standard InChI is InChI=1S/C17H24N4O5/c22-13(20-26)6-18-14(23)8-21-15(24)7-19-17(16(21)25)11-2-9-1-10(4-11)5-12(17)3-9/h9-12,19,26H,1-8H2,(H,18,23)(H,20,22). The number of hydrogen-bond donors (Lipinski definition) is 4. The Kier molecular flexibility index (Phi) is 4.23. The van der Waals surface area contributed by atoms with Gasteiger partial charge in [-0.25, -0.2) is 5.48 Å². The molecule has 26 heavy (non-hydrogen) atoms. The third-order valence-electron chi connectivity index (χ3n) is 6.73. The van der Waals surface area contributed by atoms with E-state index in [9.17, 15) is 19.2 Å². The van der Waals surface area contributed by atoms with E-state index in [-0.39, 0.29) is 24.3 Å². The monoisotopic (exact) mass is 364 g/mol. The van der Waals surface area contributed by atoms with Gasteiger partial charge >= 0.3 is 0 Å². The predicted octanol–water partition coefficient (Wildman–Crippen LogP) is -1.24. The van der Waals surface area contributed by atoms with Crippen LogP contribution in [0, 0.1) is 23.7 Å². The minimum absolute atomic E-state index is 0.0540. The fraction of sp³-hybridized carbons (Fsp3) is 0.765. The summed E-state index contributed by atoms with van der Waals surface area (Å²) in [6, 6.07) is 0. The van der Waals surface area contributed by atoms with Crippen molar-refractivity contribution in [3.8, 4) is 0 Å². The number of nitrogens with one attached hydrogen (secondary N) is 3. The van der Waals surface area contributed by atoms with Crippen LogP contribution in [0.25, 0.3) is 0 Å². The molecule has 5 rings (SSSR count). The number of nitrogens with zero attached hydrogens (tertiary/aromatic N) is 1. The smallest absolute Gasteiger partial charge is 0.262 e. The zero-order chi connectivity index (χ0) is 18.5. The summed E-state index contributed by atoms with van der Waals surface area (Å²) in [7, 11) is 0. The van der Waals surface area contributed by atoms with Crippen LogP contribution in [0.3, 0.4) is 0 Å². The predicted molar refractivity (Wildman–Crippen MR) is 87.4 cm³/mol. The number of imide groups is 1. The maximum atomic E-state index is 13.3. The van der Waals surface area contributed by atoms with Crippen LogP contribution < -0.4 is 16.1 Å². The number of hydroxylamine groups is 1. The lowest BCUT2D eigenvalue weighted by Gasteiger charge is -2.62. The molecule has 0 atom stereocenters. The van der Waals surface area contributed by atoms with E-state index in [1.54, 1.807) is 0 Å². The summed E-state index contributed by atoms with van der Waals surface area (Å²) in [6.07, 6.45) is 5.30. The van der Waals surface area contributed by atoms with Crippen molar-refractivity contribution in [2.24, 2.45) is 23.7 Å². The van der Waals surface area contributed by atoms with Crippen molar-refractivity contribution in [2.75, 3.05) is 19.6 Å². The average Bonchev–Trinajstić information content (AvgIpc) is 2.62. The van der Waals surface area contributed by atoms with Gasteiger partial charge in [-0.2, -0.15) is 0 Å². The number of hydrogen-bond acceptors (Lipinski definition) is 6. The summed E-state index contributed by atoms with van der Waals surface area (Å²) in [5.41, 5.74) is 0.694. The maximum Gasteiger partial charge on any atom is 0.262 e. The molecule has 4 N–H and O–H groups in total. The first-order chi connectivity index (χ1) is 12.4. The molecule has 142 valence electrons. The van der Waals surface area contributed by atoms with Gasteiger partial charge in [0.25, 0.3) is 11.8 Å². The van der Waals surface area contributed by atoms with Crippen molar-refractivity contribution in [3.63, 3.8) is 0 Å². The van der Waals surface area contributed by atoms with Crippen LogP contribution >= 0.6 is 0 Å². The van der Waals surface area contributed by atoms with E-state index >= 15 is 0 Å². The topological polar surface area (TPSA) is 128 Å². The Hall–Kier alpha value is -2.00. The van der Waals surface area contributed by atoms with Crippen molar-refractivity contribution in [1.82, 2.24) is 21.0 Å². The fourth-order valence-corrected chi connectivity index (χ4v) is 5.87. The number of amides is 4. The summed E-state index contributed by atoms with van der Waals surface area (Å²) in [6.45, 7) is -0.756. The van der Waals surface area contributed by atoms with Gasteiger partial charge < -0.3 is 5.32 Å². The second-order valence-corrected chi connectivity index (χ2v) is 8.12. The summed E-state index contributed by atoms with van der Waals surface area (Å²) >= 11 is 0. The normalized spacial score (nSPS) is 38.0. The molecule has 9 heteroatoms. The Morgan fingerprint density at radius 1 is 1.08 bits per heavy atom. The molecule has 4 bridgehead atoms. The van der Waals surface area contributed by atoms with E-state index in [1.807, 2.05) is 0 Å². The second-order valence-electron chi connectivity index (χ2n) is 8.12. The fourth-order valence-electron chi connectivity index (χ4n) is 5.87. The van der Waals surface area contributed by atoms with Gasteiger partial charge in [-0.3, -0.25) is 34.6 Å². The van der Waals surface area contributed by atoms with E-state index in [0.29, 0.717) is 11.8 Å². The molecule has 1 heterocycles. The first-order valence-electron chi connectivity index (χ1n) is 9.23. The van der Waals surface area contributed by atoms with Crippen LogP contribution in [0.1, 0.15) is 32.1 Å². The van der Waals surface area contributed by atoms with Crippen molar-refractivity contribution < 1.29 is 24.4 Å². The molecule has 0 unspecified atom stereocenters. The van der Waals surface area contributed by atoms with Crippen molar-refractivity contribution >= 4 is 23.6 Å². The quantitative estimate of drug-likeness (QED) is 0.281. The molecule has 9 nitrogen and oxygen atoms in total. The zero-order valence-corrected chi connectivity index (χ0v) is 14.5. The van der Waals surface area contributed by atoms with Crippen LogP contribution in [0.5, 0.6) is 0 Å². The SMILES string of the molecule is O=C(CNC(=O)CN1C(=O)CNC2(C1=O)C1CC3CC(C1)CC2C3)NO. The number of carbonyl (C=O) groups excluding carboxylic acids is 4. The average molecular weight is 364 g/mol. The molecule has 1 spiro atoms. The Bertz CT molecular complexity index is 636. The van der Waals surface area contributed by atoms with Crippen LogP contribution in [0.4, 0.5) is 0 Å². The first-order valence-corrected chi connectivity index (χ1v) is 9.23. The summed E-state index contributed by atoms with van der Waals surface area (Å²) in [5.74, 6) is -0.256. The highest BCUT2D eigenvalue weighted by Crippen LogP contribution is 2.59. The maximum absolute atomic E-state index is 13.3. The molecule has 1 aliphatic heterocycles. The number of carbonyl (C=O) groups is 4. The van der Waals surface area contributed by atoms with Gasteiger partial charge in [0.1, 0.15) is 12.1 Å². The number of rotatable bonds is 4. The van der Waals surface area contributed by atoms with E-state index in [0.717, 1.165) is 30.6 Å². The third-order valence-corrected chi connectivity index (χ3v) is 6.73. The highest BCUT2D eigenvalue weighted by molar-refractivity contribution is 6.06. The van der Waals surface area contributed by atoms with Crippen molar-refractivity contribution in [2.45, 2.75) is 37.6 Å². The molecule has 5 fully saturated rings. The molecule has 4 saturated carbocycles. The Balaban J connectivity index is 1.50. The molecule has 1 saturated heterocycles. The van der Waals surface area contributed by atoms with E-state index in [2.05, 4.69) is 10.6 Å². The summed E-state index contributed by atoms with van der Waals surface area (Å²) < 4.78 is 0. The Morgan fingerprint density at radius 2 is 1.69 bits per heavy atom. The molecular formula is C17H24N4O5. The van der Waals surface area contributed by atoms with Gasteiger partial charge in [0.05, 0.1) is 13.1 Å². The van der Waals surface area contributed by atoms with Crippen molar-refractivity contribution in [3.05, 3.63) is 0 Å².